The Kier molecular flexibility index (Phi) is 8.45. The summed E-state index contributed by atoms with van der Waals surface area (Å²) in [7, 11) is 0. The molecule has 0 aliphatic heterocycles. The summed E-state index contributed by atoms with van der Waals surface area (Å²) in [4.78, 5) is 0. The molecule has 0 aromatic heterocycles. The average Bonchev–Trinajstić information content (AvgIpc) is 1.77. The third kappa shape index (κ3) is 4.47. The van der Waals surface area contributed by atoms with Crippen LogP contribution in [0.3, 0.4) is 0 Å². The summed E-state index contributed by atoms with van der Waals surface area (Å²) >= 11 is 0. The van der Waals surface area contributed by atoms with Crippen LogP contribution in [-0.2, 0) is 0 Å². The van der Waals surface area contributed by atoms with Gasteiger partial charge in [0.25, 0.3) is 0 Å². The first kappa shape index (κ1) is 13.3. The first-order chi connectivity index (χ1) is 3.79. The van der Waals surface area contributed by atoms with E-state index in [2.05, 4.69) is 0 Å². The molecule has 1 aromatic rings. The Morgan fingerprint density at radius 2 is 1.50 bits per heavy atom. The molecule has 0 radical (unpaired) electrons. The largest absolute Gasteiger partial charge is 1.00 e. The standard InChI is InChI=1S/C7H8O.CH3.K/c1-6-2-4-7(8)5-3-6;;/h2-5,8H,1H3;1H3;/q;-1;+1. The third-order valence-electron chi connectivity index (χ3n) is 1.03. The summed E-state index contributed by atoms with van der Waals surface area (Å²) in [5.41, 5.74) is 1.17. The molecule has 0 heterocycles. The fourth-order valence-corrected chi connectivity index (χ4v) is 0.545. The van der Waals surface area contributed by atoms with Crippen LogP contribution in [0.4, 0.5) is 0 Å². The van der Waals surface area contributed by atoms with E-state index in [1.165, 1.54) is 5.56 Å². The molecule has 0 spiro atoms. The van der Waals surface area contributed by atoms with Gasteiger partial charge in [0.1, 0.15) is 5.75 Å². The maximum Gasteiger partial charge on any atom is 1.00 e. The predicted octanol–water partition coefficient (Wildman–Crippen LogP) is -0.845. The van der Waals surface area contributed by atoms with Crippen molar-refractivity contribution in [3.8, 4) is 5.75 Å². The molecule has 0 atom stereocenters. The van der Waals surface area contributed by atoms with Crippen LogP contribution >= 0.6 is 0 Å². The molecular formula is C8H11KO. The van der Waals surface area contributed by atoms with E-state index in [9.17, 15) is 0 Å². The van der Waals surface area contributed by atoms with Crippen molar-refractivity contribution in [1.82, 2.24) is 0 Å². The van der Waals surface area contributed by atoms with Gasteiger partial charge in [-0.1, -0.05) is 17.7 Å². The molecule has 0 unspecified atom stereocenters. The summed E-state index contributed by atoms with van der Waals surface area (Å²) in [5.74, 6) is 0.329. The second kappa shape index (κ2) is 6.37. The van der Waals surface area contributed by atoms with E-state index in [-0.39, 0.29) is 58.8 Å². The fourth-order valence-electron chi connectivity index (χ4n) is 0.545. The number of phenols is 1. The zero-order valence-electron chi connectivity index (χ0n) is 6.76. The average molecular weight is 162 g/mol. The molecular weight excluding hydrogens is 151 g/mol. The van der Waals surface area contributed by atoms with Crippen LogP contribution in [0.2, 0.25) is 0 Å². The van der Waals surface area contributed by atoms with Gasteiger partial charge >= 0.3 is 51.4 Å². The summed E-state index contributed by atoms with van der Waals surface area (Å²) in [6, 6.07) is 7.09. The maximum atomic E-state index is 8.76. The second-order valence-electron chi connectivity index (χ2n) is 1.84. The van der Waals surface area contributed by atoms with E-state index in [1.54, 1.807) is 12.1 Å². The van der Waals surface area contributed by atoms with Gasteiger partial charge in [0, 0.05) is 0 Å². The molecule has 1 aromatic carbocycles. The molecule has 0 aliphatic rings. The van der Waals surface area contributed by atoms with Crippen LogP contribution in [0.15, 0.2) is 24.3 Å². The van der Waals surface area contributed by atoms with Gasteiger partial charge in [-0.3, -0.25) is 0 Å². The van der Waals surface area contributed by atoms with E-state index < -0.39 is 0 Å². The van der Waals surface area contributed by atoms with Crippen LogP contribution < -0.4 is 51.4 Å². The number of aryl methyl sites for hydroxylation is 1. The van der Waals surface area contributed by atoms with Gasteiger partial charge < -0.3 is 12.5 Å². The molecule has 10 heavy (non-hydrogen) atoms. The zero-order valence-corrected chi connectivity index (χ0v) is 9.88. The maximum absolute atomic E-state index is 8.76. The van der Waals surface area contributed by atoms with E-state index in [4.69, 9.17) is 5.11 Å². The molecule has 0 saturated heterocycles. The van der Waals surface area contributed by atoms with Gasteiger partial charge in [0.15, 0.2) is 0 Å². The Bertz CT molecular complexity index is 148. The SMILES string of the molecule is Cc1ccc(O)cc1.[CH3-].[K+]. The van der Waals surface area contributed by atoms with Crippen molar-refractivity contribution in [2.24, 2.45) is 0 Å². The topological polar surface area (TPSA) is 20.2 Å². The molecule has 0 bridgehead atoms. The van der Waals surface area contributed by atoms with Crippen LogP contribution in [0.25, 0.3) is 0 Å². The normalized spacial score (nSPS) is 7.30. The Hall–Kier alpha value is 0.656. The molecule has 0 aliphatic carbocycles. The van der Waals surface area contributed by atoms with E-state index in [0.29, 0.717) is 5.75 Å². The van der Waals surface area contributed by atoms with Gasteiger partial charge in [-0.15, -0.1) is 0 Å². The number of aromatic hydroxyl groups is 1. The van der Waals surface area contributed by atoms with Gasteiger partial charge in [0.05, 0.1) is 0 Å². The summed E-state index contributed by atoms with van der Waals surface area (Å²) in [5, 5.41) is 8.76. The van der Waals surface area contributed by atoms with Gasteiger partial charge in [-0.2, -0.15) is 0 Å². The first-order valence-electron chi connectivity index (χ1n) is 2.54. The first-order valence-corrected chi connectivity index (χ1v) is 2.54. The summed E-state index contributed by atoms with van der Waals surface area (Å²) < 4.78 is 0. The van der Waals surface area contributed by atoms with Crippen LogP contribution in [0.5, 0.6) is 5.75 Å². The van der Waals surface area contributed by atoms with E-state index in [1.807, 2.05) is 19.1 Å². The number of rotatable bonds is 0. The van der Waals surface area contributed by atoms with Crippen LogP contribution in [0, 0.1) is 14.4 Å². The molecule has 0 saturated carbocycles. The fraction of sp³-hybridized carbons (Fsp3) is 0.125. The number of benzene rings is 1. The number of hydrogen-bond acceptors (Lipinski definition) is 1. The minimum absolute atomic E-state index is 0. The zero-order chi connectivity index (χ0) is 5.98. The van der Waals surface area contributed by atoms with Crippen molar-refractivity contribution >= 4 is 0 Å². The molecule has 1 N–H and O–H groups in total. The van der Waals surface area contributed by atoms with Crippen LogP contribution in [-0.4, -0.2) is 5.11 Å². The van der Waals surface area contributed by atoms with E-state index >= 15 is 0 Å². The molecule has 1 rings (SSSR count). The molecule has 0 fully saturated rings. The molecule has 1 nitrogen and oxygen atoms in total. The third-order valence-corrected chi connectivity index (χ3v) is 1.03. The van der Waals surface area contributed by atoms with Crippen molar-refractivity contribution in [2.45, 2.75) is 6.92 Å². The quantitative estimate of drug-likeness (QED) is 0.389. The molecule has 50 valence electrons. The molecule has 0 amide bonds. The Morgan fingerprint density at radius 1 is 1.10 bits per heavy atom. The van der Waals surface area contributed by atoms with Crippen molar-refractivity contribution in [2.75, 3.05) is 0 Å². The van der Waals surface area contributed by atoms with Gasteiger partial charge in [-0.05, 0) is 19.1 Å². The Morgan fingerprint density at radius 3 is 1.80 bits per heavy atom. The van der Waals surface area contributed by atoms with Crippen molar-refractivity contribution < 1.29 is 56.5 Å². The predicted molar refractivity (Wildman–Crippen MR) is 39.3 cm³/mol. The summed E-state index contributed by atoms with van der Waals surface area (Å²) in [6.07, 6.45) is 0. The second-order valence-corrected chi connectivity index (χ2v) is 1.84. The van der Waals surface area contributed by atoms with E-state index in [0.717, 1.165) is 0 Å². The minimum atomic E-state index is 0. The number of hydrogen-bond donors (Lipinski definition) is 1. The Balaban J connectivity index is 0. The van der Waals surface area contributed by atoms with Crippen molar-refractivity contribution in [1.29, 1.82) is 0 Å². The monoisotopic (exact) mass is 162 g/mol. The van der Waals surface area contributed by atoms with Crippen LogP contribution in [0.1, 0.15) is 5.56 Å². The minimum Gasteiger partial charge on any atom is -0.508 e. The summed E-state index contributed by atoms with van der Waals surface area (Å²) in [6.45, 7) is 1.99. The smallest absolute Gasteiger partial charge is 0.508 e. The van der Waals surface area contributed by atoms with Gasteiger partial charge in [0.2, 0.25) is 0 Å². The number of phenolic OH excluding ortho intramolecular Hbond substituents is 1. The van der Waals surface area contributed by atoms with Crippen molar-refractivity contribution in [3.05, 3.63) is 37.3 Å². The molecule has 2 heteroatoms. The van der Waals surface area contributed by atoms with Gasteiger partial charge in [-0.25, -0.2) is 0 Å². The Labute approximate surface area is 105 Å². The van der Waals surface area contributed by atoms with Crippen molar-refractivity contribution in [3.63, 3.8) is 0 Å².